The molecule has 5 nitrogen and oxygen atoms in total. The Morgan fingerprint density at radius 2 is 1.96 bits per heavy atom. The smallest absolute Gasteiger partial charge is 0.270 e. The second kappa shape index (κ2) is 7.35. The zero-order valence-corrected chi connectivity index (χ0v) is 15.8. The van der Waals surface area contributed by atoms with Crippen LogP contribution < -0.4 is 0 Å². The Hall–Kier alpha value is -1.86. The van der Waals surface area contributed by atoms with Crippen LogP contribution in [0, 0.1) is 15.9 Å². The van der Waals surface area contributed by atoms with Gasteiger partial charge in [-0.3, -0.25) is 14.9 Å². The molecule has 0 saturated heterocycles. The lowest BCUT2D eigenvalue weighted by Crippen LogP contribution is -2.41. The number of carbonyl (C=O) groups excluding carboxylic acids is 1. The van der Waals surface area contributed by atoms with Crippen molar-refractivity contribution in [1.82, 2.24) is 0 Å². The van der Waals surface area contributed by atoms with E-state index in [4.69, 9.17) is 4.43 Å². The van der Waals surface area contributed by atoms with Crippen molar-refractivity contribution >= 4 is 19.8 Å². The van der Waals surface area contributed by atoms with Crippen LogP contribution in [-0.4, -0.2) is 25.6 Å². The van der Waals surface area contributed by atoms with Gasteiger partial charge in [0.1, 0.15) is 5.82 Å². The van der Waals surface area contributed by atoms with Gasteiger partial charge >= 0.3 is 0 Å². The number of nitro groups is 1. The number of rotatable bonds is 7. The molecule has 0 bridgehead atoms. The molecule has 0 aliphatic rings. The summed E-state index contributed by atoms with van der Waals surface area (Å²) >= 11 is 0. The second-order valence-electron chi connectivity index (χ2n) is 7.21. The number of hydrogen-bond acceptors (Lipinski definition) is 4. The third-order valence-electron chi connectivity index (χ3n) is 4.40. The first kappa shape index (κ1) is 20.2. The topological polar surface area (TPSA) is 69.4 Å². The van der Waals surface area contributed by atoms with Crippen LogP contribution in [0.4, 0.5) is 10.1 Å². The van der Waals surface area contributed by atoms with E-state index >= 15 is 0 Å². The van der Waals surface area contributed by atoms with Crippen LogP contribution in [0.5, 0.6) is 0 Å². The highest BCUT2D eigenvalue weighted by molar-refractivity contribution is 6.74. The van der Waals surface area contributed by atoms with E-state index in [0.717, 1.165) is 18.2 Å². The molecule has 0 aromatic heterocycles. The van der Waals surface area contributed by atoms with Crippen LogP contribution in [-0.2, 0) is 4.43 Å². The Kier molecular flexibility index (Phi) is 6.18. The fourth-order valence-corrected chi connectivity index (χ4v) is 2.80. The maximum atomic E-state index is 13.8. The summed E-state index contributed by atoms with van der Waals surface area (Å²) in [6, 6.07) is 2.89. The van der Waals surface area contributed by atoms with E-state index in [1.165, 1.54) is 0 Å². The summed E-state index contributed by atoms with van der Waals surface area (Å²) in [5.74, 6) is -1.42. The predicted octanol–water partition coefficient (Wildman–Crippen LogP) is 4.88. The zero-order valence-electron chi connectivity index (χ0n) is 14.8. The van der Waals surface area contributed by atoms with Gasteiger partial charge < -0.3 is 4.43 Å². The first-order chi connectivity index (χ1) is 10.9. The Morgan fingerprint density at radius 3 is 2.46 bits per heavy atom. The molecule has 0 N–H and O–H groups in total. The molecule has 0 unspecified atom stereocenters. The monoisotopic (exact) mass is 353 g/mol. The molecule has 0 radical (unpaired) electrons. The fourth-order valence-electron chi connectivity index (χ4n) is 1.75. The van der Waals surface area contributed by atoms with Crippen molar-refractivity contribution in [2.75, 3.05) is 6.61 Å². The Bertz CT molecular complexity index is 665. The maximum Gasteiger partial charge on any atom is 0.270 e. The number of non-ortho nitro benzene ring substituents is 1. The lowest BCUT2D eigenvalue weighted by Gasteiger charge is -2.36. The van der Waals surface area contributed by atoms with Gasteiger partial charge in [0, 0.05) is 18.7 Å². The van der Waals surface area contributed by atoms with Crippen molar-refractivity contribution in [1.29, 1.82) is 0 Å². The number of Topliss-reactive ketones (excluding diaryl/α,β-unsaturated/α-hetero) is 1. The van der Waals surface area contributed by atoms with Crippen LogP contribution >= 0.6 is 0 Å². The minimum atomic E-state index is -1.94. The van der Waals surface area contributed by atoms with Crippen molar-refractivity contribution in [2.45, 2.75) is 45.3 Å². The van der Waals surface area contributed by atoms with Gasteiger partial charge in [0.15, 0.2) is 14.1 Å². The van der Waals surface area contributed by atoms with Crippen LogP contribution in [0.15, 0.2) is 30.4 Å². The van der Waals surface area contributed by atoms with Gasteiger partial charge in [-0.1, -0.05) is 27.4 Å². The largest absolute Gasteiger partial charge is 0.416 e. The number of nitro benzene ring substituents is 1. The molecule has 7 heteroatoms. The number of hydrogen-bond donors (Lipinski definition) is 0. The third kappa shape index (κ3) is 4.81. The van der Waals surface area contributed by atoms with E-state index in [2.05, 4.69) is 40.4 Å². The van der Waals surface area contributed by atoms with Crippen molar-refractivity contribution in [2.24, 2.45) is 0 Å². The van der Waals surface area contributed by atoms with Crippen molar-refractivity contribution in [3.05, 3.63) is 51.8 Å². The molecule has 1 aromatic rings. The highest BCUT2D eigenvalue weighted by Gasteiger charge is 2.37. The molecule has 0 aliphatic carbocycles. The van der Waals surface area contributed by atoms with E-state index < -0.39 is 24.8 Å². The molecule has 1 rings (SSSR count). The van der Waals surface area contributed by atoms with Gasteiger partial charge in [-0.05, 0) is 36.2 Å². The molecule has 0 spiro atoms. The summed E-state index contributed by atoms with van der Waals surface area (Å²) in [7, 11) is -1.94. The molecule has 0 aliphatic heterocycles. The summed E-state index contributed by atoms with van der Waals surface area (Å²) in [4.78, 5) is 22.4. The minimum Gasteiger partial charge on any atom is -0.416 e. The number of benzene rings is 1. The summed E-state index contributed by atoms with van der Waals surface area (Å²) in [6.45, 7) is 14.5. The average Bonchev–Trinajstić information content (AvgIpc) is 2.45. The normalized spacial score (nSPS) is 12.1. The SMILES string of the molecule is C=C(CCO[Si](C)(C)C(C)(C)C)C(=O)c1cc([N+](=O)[O-])ccc1F. The quantitative estimate of drug-likeness (QED) is 0.230. The number of ketones is 1. The van der Waals surface area contributed by atoms with E-state index in [1.807, 2.05) is 0 Å². The van der Waals surface area contributed by atoms with Gasteiger partial charge in [-0.15, -0.1) is 0 Å². The van der Waals surface area contributed by atoms with Gasteiger partial charge in [0.2, 0.25) is 0 Å². The number of halogens is 1. The molecular formula is C17H24FNO4Si. The van der Waals surface area contributed by atoms with E-state index in [9.17, 15) is 19.3 Å². The summed E-state index contributed by atoms with van der Waals surface area (Å²) in [5, 5.41) is 10.8. The first-order valence-corrected chi connectivity index (χ1v) is 10.6. The van der Waals surface area contributed by atoms with Gasteiger partial charge in [-0.2, -0.15) is 0 Å². The van der Waals surface area contributed by atoms with Gasteiger partial charge in [-0.25, -0.2) is 4.39 Å². The highest BCUT2D eigenvalue weighted by Crippen LogP contribution is 2.36. The molecule has 0 atom stereocenters. The maximum absolute atomic E-state index is 13.8. The molecule has 0 heterocycles. The highest BCUT2D eigenvalue weighted by atomic mass is 28.4. The predicted molar refractivity (Wildman–Crippen MR) is 94.3 cm³/mol. The summed E-state index contributed by atoms with van der Waals surface area (Å²) in [6.07, 6.45) is 0.257. The van der Waals surface area contributed by atoms with E-state index in [0.29, 0.717) is 6.61 Å². The van der Waals surface area contributed by atoms with E-state index in [-0.39, 0.29) is 28.3 Å². The minimum absolute atomic E-state index is 0.0461. The standard InChI is InChI=1S/C17H24FNO4Si/c1-12(9-10-23-24(5,6)17(2,3)4)16(20)14-11-13(19(21)22)7-8-15(14)18/h7-8,11H,1,9-10H2,2-6H3. The van der Waals surface area contributed by atoms with Crippen LogP contribution in [0.25, 0.3) is 0 Å². The fraction of sp³-hybridized carbons (Fsp3) is 0.471. The molecule has 0 saturated carbocycles. The van der Waals surface area contributed by atoms with Gasteiger partial charge in [0.05, 0.1) is 10.5 Å². The molecule has 132 valence electrons. The van der Waals surface area contributed by atoms with E-state index in [1.54, 1.807) is 0 Å². The lowest BCUT2D eigenvalue weighted by atomic mass is 10.0. The summed E-state index contributed by atoms with van der Waals surface area (Å²) in [5.41, 5.74) is -0.486. The second-order valence-corrected chi connectivity index (χ2v) is 12.0. The number of carbonyl (C=O) groups is 1. The zero-order chi connectivity index (χ0) is 18.7. The van der Waals surface area contributed by atoms with Gasteiger partial charge in [0.25, 0.3) is 5.69 Å². The average molecular weight is 353 g/mol. The Labute approximate surface area is 142 Å². The molecule has 0 fully saturated rings. The van der Waals surface area contributed by atoms with Crippen LogP contribution in [0.1, 0.15) is 37.6 Å². The van der Waals surface area contributed by atoms with Crippen LogP contribution in [0.2, 0.25) is 18.1 Å². The molecule has 24 heavy (non-hydrogen) atoms. The van der Waals surface area contributed by atoms with Crippen molar-refractivity contribution in [3.8, 4) is 0 Å². The summed E-state index contributed by atoms with van der Waals surface area (Å²) < 4.78 is 19.8. The van der Waals surface area contributed by atoms with Crippen molar-refractivity contribution in [3.63, 3.8) is 0 Å². The molecule has 1 aromatic carbocycles. The third-order valence-corrected chi connectivity index (χ3v) is 8.94. The number of nitrogens with zero attached hydrogens (tertiary/aromatic N) is 1. The lowest BCUT2D eigenvalue weighted by molar-refractivity contribution is -0.384. The molecule has 0 amide bonds. The molecular weight excluding hydrogens is 329 g/mol. The van der Waals surface area contributed by atoms with Crippen molar-refractivity contribution < 1.29 is 18.5 Å². The Balaban J connectivity index is 2.78. The Morgan fingerprint density at radius 1 is 1.38 bits per heavy atom. The first-order valence-electron chi connectivity index (χ1n) is 7.67. The van der Waals surface area contributed by atoms with Crippen LogP contribution in [0.3, 0.4) is 0 Å².